The molecule has 29 heavy (non-hydrogen) atoms. The SMILES string of the molecule is CC1CC(NC(=O)C2CCN(c3ccc(-n4cncn4)nn3)CC2)CC(C)(C)C1. The van der Waals surface area contributed by atoms with E-state index in [-0.39, 0.29) is 11.8 Å². The van der Waals surface area contributed by atoms with Crippen LogP contribution >= 0.6 is 0 Å². The van der Waals surface area contributed by atoms with E-state index in [4.69, 9.17) is 0 Å². The van der Waals surface area contributed by atoms with Crippen LogP contribution in [0.2, 0.25) is 0 Å². The maximum atomic E-state index is 12.8. The summed E-state index contributed by atoms with van der Waals surface area (Å²) in [6, 6.07) is 4.16. The highest BCUT2D eigenvalue weighted by Gasteiger charge is 2.34. The van der Waals surface area contributed by atoms with E-state index in [0.717, 1.165) is 44.6 Å². The van der Waals surface area contributed by atoms with Gasteiger partial charge in [0.1, 0.15) is 12.7 Å². The maximum Gasteiger partial charge on any atom is 0.223 e. The Bertz CT molecular complexity index is 810. The number of carbonyl (C=O) groups is 1. The zero-order valence-corrected chi connectivity index (χ0v) is 17.6. The van der Waals surface area contributed by atoms with Gasteiger partial charge in [-0.05, 0) is 55.6 Å². The van der Waals surface area contributed by atoms with Crippen molar-refractivity contribution >= 4 is 11.7 Å². The summed E-state index contributed by atoms with van der Waals surface area (Å²) in [5, 5.41) is 16.0. The molecular formula is C21H31N7O. The van der Waals surface area contributed by atoms with Crippen molar-refractivity contribution in [1.29, 1.82) is 0 Å². The highest BCUT2D eigenvalue weighted by Crippen LogP contribution is 2.38. The quantitative estimate of drug-likeness (QED) is 0.853. The van der Waals surface area contributed by atoms with Gasteiger partial charge in [-0.2, -0.15) is 5.10 Å². The lowest BCUT2D eigenvalue weighted by atomic mass is 9.70. The summed E-state index contributed by atoms with van der Waals surface area (Å²) in [6.07, 6.45) is 8.20. The molecule has 2 aromatic rings. The zero-order chi connectivity index (χ0) is 20.4. The molecule has 1 aliphatic carbocycles. The Labute approximate surface area is 172 Å². The normalized spacial score (nSPS) is 25.0. The van der Waals surface area contributed by atoms with Gasteiger partial charge in [0.2, 0.25) is 5.91 Å². The summed E-state index contributed by atoms with van der Waals surface area (Å²) in [7, 11) is 0. The lowest BCUT2D eigenvalue weighted by molar-refractivity contribution is -0.126. The van der Waals surface area contributed by atoms with Crippen LogP contribution in [0.1, 0.15) is 52.9 Å². The van der Waals surface area contributed by atoms with Gasteiger partial charge in [0.25, 0.3) is 0 Å². The van der Waals surface area contributed by atoms with Crippen molar-refractivity contribution in [3.8, 4) is 5.82 Å². The summed E-state index contributed by atoms with van der Waals surface area (Å²) < 4.78 is 1.58. The van der Waals surface area contributed by atoms with Crippen molar-refractivity contribution < 1.29 is 4.79 Å². The van der Waals surface area contributed by atoms with E-state index in [0.29, 0.717) is 23.2 Å². The monoisotopic (exact) mass is 397 g/mol. The average molecular weight is 398 g/mol. The van der Waals surface area contributed by atoms with Gasteiger partial charge in [0, 0.05) is 25.0 Å². The van der Waals surface area contributed by atoms with E-state index in [1.165, 1.54) is 12.7 Å². The lowest BCUT2D eigenvalue weighted by Crippen LogP contribution is -2.47. The topological polar surface area (TPSA) is 88.8 Å². The second-order valence-corrected chi connectivity index (χ2v) is 9.47. The van der Waals surface area contributed by atoms with E-state index < -0.39 is 0 Å². The predicted octanol–water partition coefficient (Wildman–Crippen LogP) is 2.60. The molecule has 0 aromatic carbocycles. The molecule has 1 saturated carbocycles. The second-order valence-electron chi connectivity index (χ2n) is 9.47. The molecule has 1 amide bonds. The Morgan fingerprint density at radius 1 is 1.14 bits per heavy atom. The number of piperidine rings is 1. The molecular weight excluding hydrogens is 366 g/mol. The van der Waals surface area contributed by atoms with E-state index >= 15 is 0 Å². The summed E-state index contributed by atoms with van der Waals surface area (Å²) >= 11 is 0. The number of anilines is 1. The predicted molar refractivity (Wildman–Crippen MR) is 111 cm³/mol. The third kappa shape index (κ3) is 4.74. The molecule has 1 saturated heterocycles. The molecule has 4 rings (SSSR count). The third-order valence-corrected chi connectivity index (χ3v) is 6.21. The van der Waals surface area contributed by atoms with Crippen molar-refractivity contribution in [3.05, 3.63) is 24.8 Å². The number of carbonyl (C=O) groups excluding carboxylic acids is 1. The van der Waals surface area contributed by atoms with Gasteiger partial charge in [0.15, 0.2) is 11.6 Å². The Kier molecular flexibility index (Phi) is 5.52. The number of nitrogens with zero attached hydrogens (tertiary/aromatic N) is 6. The van der Waals surface area contributed by atoms with Gasteiger partial charge in [-0.3, -0.25) is 4.79 Å². The fourth-order valence-corrected chi connectivity index (χ4v) is 5.08. The largest absolute Gasteiger partial charge is 0.355 e. The molecule has 1 N–H and O–H groups in total. The highest BCUT2D eigenvalue weighted by atomic mass is 16.2. The first-order valence-electron chi connectivity index (χ1n) is 10.6. The molecule has 2 unspecified atom stereocenters. The minimum absolute atomic E-state index is 0.0916. The van der Waals surface area contributed by atoms with Crippen LogP contribution in [0.5, 0.6) is 0 Å². The van der Waals surface area contributed by atoms with Crippen molar-refractivity contribution in [2.45, 2.75) is 58.9 Å². The molecule has 2 aromatic heterocycles. The number of aromatic nitrogens is 5. The van der Waals surface area contributed by atoms with Crippen LogP contribution < -0.4 is 10.2 Å². The van der Waals surface area contributed by atoms with E-state index in [1.54, 1.807) is 11.0 Å². The van der Waals surface area contributed by atoms with E-state index in [1.807, 2.05) is 12.1 Å². The molecule has 2 fully saturated rings. The fraction of sp³-hybridized carbons (Fsp3) is 0.667. The van der Waals surface area contributed by atoms with Crippen molar-refractivity contribution in [1.82, 2.24) is 30.3 Å². The van der Waals surface area contributed by atoms with Crippen LogP contribution in [-0.4, -0.2) is 50.0 Å². The number of hydrogen-bond acceptors (Lipinski definition) is 6. The molecule has 0 bridgehead atoms. The second kappa shape index (κ2) is 8.08. The van der Waals surface area contributed by atoms with E-state index in [2.05, 4.69) is 51.3 Å². The molecule has 1 aliphatic heterocycles. The smallest absolute Gasteiger partial charge is 0.223 e. The van der Waals surface area contributed by atoms with Crippen LogP contribution in [0.15, 0.2) is 24.8 Å². The van der Waals surface area contributed by atoms with Crippen molar-refractivity contribution in [2.24, 2.45) is 17.3 Å². The van der Waals surface area contributed by atoms with Crippen LogP contribution in [0.3, 0.4) is 0 Å². The number of amides is 1. The Balaban J connectivity index is 1.29. The summed E-state index contributed by atoms with van der Waals surface area (Å²) in [4.78, 5) is 19.0. The first kappa shape index (κ1) is 19.8. The van der Waals surface area contributed by atoms with Crippen LogP contribution in [0.4, 0.5) is 5.82 Å². The van der Waals surface area contributed by atoms with Crippen LogP contribution in [0.25, 0.3) is 5.82 Å². The molecule has 8 heteroatoms. The highest BCUT2D eigenvalue weighted by molar-refractivity contribution is 5.79. The van der Waals surface area contributed by atoms with Gasteiger partial charge < -0.3 is 10.2 Å². The van der Waals surface area contributed by atoms with Gasteiger partial charge >= 0.3 is 0 Å². The Morgan fingerprint density at radius 2 is 1.86 bits per heavy atom. The first-order valence-corrected chi connectivity index (χ1v) is 10.6. The van der Waals surface area contributed by atoms with Crippen molar-refractivity contribution in [3.63, 3.8) is 0 Å². The summed E-state index contributed by atoms with van der Waals surface area (Å²) in [6.45, 7) is 8.57. The van der Waals surface area contributed by atoms with Gasteiger partial charge in [0.05, 0.1) is 0 Å². The molecule has 2 aliphatic rings. The number of nitrogens with one attached hydrogen (secondary N) is 1. The molecule has 156 valence electrons. The standard InChI is InChI=1S/C21H31N7O/c1-15-10-17(12-21(2,3)11-15)24-20(29)16-6-8-27(9-7-16)18-4-5-19(26-25-18)28-14-22-13-23-28/h4-5,13-17H,6-12H2,1-3H3,(H,24,29). The van der Waals surface area contributed by atoms with Gasteiger partial charge in [-0.1, -0.05) is 20.8 Å². The van der Waals surface area contributed by atoms with Crippen LogP contribution in [0, 0.1) is 17.3 Å². The Morgan fingerprint density at radius 3 is 2.48 bits per heavy atom. The summed E-state index contributed by atoms with van der Waals surface area (Å²) in [5.74, 6) is 2.48. The van der Waals surface area contributed by atoms with Crippen molar-refractivity contribution in [2.75, 3.05) is 18.0 Å². The molecule has 0 radical (unpaired) electrons. The molecule has 2 atom stereocenters. The number of hydrogen-bond donors (Lipinski definition) is 1. The maximum absolute atomic E-state index is 12.8. The minimum atomic E-state index is 0.0916. The molecule has 0 spiro atoms. The first-order chi connectivity index (χ1) is 13.9. The van der Waals surface area contributed by atoms with E-state index in [9.17, 15) is 4.79 Å². The summed E-state index contributed by atoms with van der Waals surface area (Å²) in [5.41, 5.74) is 0.316. The van der Waals surface area contributed by atoms with Gasteiger partial charge in [-0.25, -0.2) is 9.67 Å². The average Bonchev–Trinajstić information content (AvgIpc) is 3.21. The number of rotatable bonds is 4. The molecule has 3 heterocycles. The fourth-order valence-electron chi connectivity index (χ4n) is 5.08. The third-order valence-electron chi connectivity index (χ3n) is 6.21. The zero-order valence-electron chi connectivity index (χ0n) is 17.6. The Hall–Kier alpha value is -2.51. The minimum Gasteiger partial charge on any atom is -0.355 e. The van der Waals surface area contributed by atoms with Crippen LogP contribution in [-0.2, 0) is 4.79 Å². The molecule has 8 nitrogen and oxygen atoms in total. The van der Waals surface area contributed by atoms with Gasteiger partial charge in [-0.15, -0.1) is 10.2 Å². The lowest BCUT2D eigenvalue weighted by Gasteiger charge is -2.40.